The first-order chi connectivity index (χ1) is 32.1. The first kappa shape index (κ1) is 48.1. The third kappa shape index (κ3) is 6.99. The van der Waals surface area contributed by atoms with Crippen LogP contribution < -0.4 is 21.4 Å². The Hall–Kier alpha value is -7.40. The summed E-state index contributed by atoms with van der Waals surface area (Å²) < 4.78 is 303. The molecule has 5 heterocycles. The van der Waals surface area contributed by atoms with Crippen molar-refractivity contribution < 1.29 is 105 Å². The smallest absolute Gasteiger partial charge is 0.200 e. The van der Waals surface area contributed by atoms with Crippen molar-refractivity contribution in [3.8, 4) is 0 Å². The van der Waals surface area contributed by atoms with E-state index in [4.69, 9.17) is 0 Å². The minimum atomic E-state index is -2.70. The molecule has 1 aliphatic rings. The van der Waals surface area contributed by atoms with E-state index in [9.17, 15) is 52.7 Å². The molecule has 9 rings (SSSR count). The van der Waals surface area contributed by atoms with Gasteiger partial charge in [0, 0.05) is 83.5 Å². The molecule has 8 bridgehead atoms. The van der Waals surface area contributed by atoms with Gasteiger partial charge in [0.05, 0.1) is 22.3 Å². The van der Waals surface area contributed by atoms with Gasteiger partial charge in [-0.3, -0.25) is 0 Å². The predicted octanol–water partition coefficient (Wildman–Crippen LogP) is 9.08. The van der Waals surface area contributed by atoms with Crippen molar-refractivity contribution >= 4 is 22.3 Å². The van der Waals surface area contributed by atoms with Crippen molar-refractivity contribution in [2.24, 2.45) is 0 Å². The van der Waals surface area contributed by atoms with Crippen molar-refractivity contribution in [3.63, 3.8) is 0 Å². The molecule has 0 radical (unpaired) electrons. The molecule has 0 aliphatic carbocycles. The van der Waals surface area contributed by atoms with Crippen molar-refractivity contribution in [1.82, 2.24) is 19.9 Å². The van der Waals surface area contributed by atoms with Gasteiger partial charge in [0.1, 0.15) is 0 Å². The molecule has 0 atom stereocenters. The van der Waals surface area contributed by atoms with Crippen LogP contribution in [0.15, 0.2) is 48.5 Å². The number of hydrogen-bond acceptors (Lipinski definition) is 0. The van der Waals surface area contributed by atoms with Gasteiger partial charge in [0.25, 0.3) is 0 Å². The summed E-state index contributed by atoms with van der Waals surface area (Å²) in [6.45, 7) is 0. The molecule has 4 aromatic heterocycles. The summed E-state index contributed by atoms with van der Waals surface area (Å²) in [5, 5.41) is -3.59. The van der Waals surface area contributed by atoms with E-state index in [1.165, 1.54) is 0 Å². The number of aromatic nitrogens is 4. The third-order valence-corrected chi connectivity index (χ3v) is 10.7. The molecule has 4 aromatic carbocycles. The molecule has 4 N–H and O–H groups in total. The van der Waals surface area contributed by atoms with E-state index in [1.807, 2.05) is 0 Å². The maximum atomic E-state index is 15.8. The van der Waals surface area contributed by atoms with Gasteiger partial charge in [-0.05, 0) is 48.5 Å². The summed E-state index contributed by atoms with van der Waals surface area (Å²) in [5.41, 5.74) is -15.7. The topological polar surface area (TPSA) is 63.2 Å². The Bertz CT molecular complexity index is 3230. The minimum Gasteiger partial charge on any atom is -0.354 e. The van der Waals surface area contributed by atoms with E-state index in [2.05, 4.69) is 19.9 Å². The number of fused-ring (bicyclic) bond motifs is 8. The molecular formula is C44H12F20FeN4. The summed E-state index contributed by atoms with van der Waals surface area (Å²) in [7, 11) is 0. The van der Waals surface area contributed by atoms with Gasteiger partial charge < -0.3 is 19.9 Å². The largest absolute Gasteiger partial charge is 0.354 e. The van der Waals surface area contributed by atoms with Gasteiger partial charge in [0.15, 0.2) is 93.1 Å². The average molecular weight is 1030 g/mol. The summed E-state index contributed by atoms with van der Waals surface area (Å²) in [4.78, 5) is 9.09. The van der Waals surface area contributed by atoms with Gasteiger partial charge in [0.2, 0.25) is 23.3 Å². The average Bonchev–Trinajstić information content (AvgIpc) is 4.18. The maximum Gasteiger partial charge on any atom is 0.200 e. The van der Waals surface area contributed by atoms with Gasteiger partial charge in [-0.15, -0.1) is 0 Å². The monoisotopic (exact) mass is 1030 g/mol. The third-order valence-electron chi connectivity index (χ3n) is 10.7. The van der Waals surface area contributed by atoms with Crippen LogP contribution in [0.25, 0.3) is 22.3 Å². The fourth-order valence-electron chi connectivity index (χ4n) is 7.70. The van der Waals surface area contributed by atoms with Gasteiger partial charge in [-0.25, -0.2) is 87.8 Å². The number of benzene rings is 4. The van der Waals surface area contributed by atoms with Crippen LogP contribution in [0.2, 0.25) is 0 Å². The Labute approximate surface area is 377 Å². The van der Waals surface area contributed by atoms with Gasteiger partial charge >= 0.3 is 0 Å². The molecule has 0 saturated carbocycles. The normalized spacial score (nSPS) is 12.7. The minimum absolute atomic E-state index is 0. The number of aromatic amines is 4. The zero-order chi connectivity index (χ0) is 49.3. The Balaban J connectivity index is 0.00000642. The Kier molecular flexibility index (Phi) is 11.8. The molecule has 8 aromatic rings. The second-order valence-electron chi connectivity index (χ2n) is 14.4. The molecule has 356 valence electrons. The summed E-state index contributed by atoms with van der Waals surface area (Å²) in [6, 6.07) is 5.29. The SMILES string of the molecule is Fc1c(F)c(F)c(C2=c3ccc([nH]3)=C(c3c(F)c(F)c(F)c(F)c3F)c3ccc([nH]3)C(c3c(F)c(F)c(F)c(F)c3F)=c3ccc([nH]3)=C(c3c(F)c(F)c(F)c(F)c3F)c3ccc2[nH]3)c(F)c1F.[Fe]. The van der Waals surface area contributed by atoms with Crippen LogP contribution in [-0.4, -0.2) is 19.9 Å². The van der Waals surface area contributed by atoms with Crippen LogP contribution in [0.1, 0.15) is 45.0 Å². The maximum absolute atomic E-state index is 15.8. The fraction of sp³-hybridized carbons (Fsp3) is 0. The Morgan fingerprint density at radius 2 is 0.333 bits per heavy atom. The van der Waals surface area contributed by atoms with Crippen molar-refractivity contribution in [1.29, 1.82) is 0 Å². The van der Waals surface area contributed by atoms with Gasteiger partial charge in [-0.1, -0.05) is 0 Å². The van der Waals surface area contributed by atoms with Gasteiger partial charge in [-0.2, -0.15) is 0 Å². The Morgan fingerprint density at radius 3 is 0.493 bits per heavy atom. The quantitative estimate of drug-likeness (QED) is 0.0589. The van der Waals surface area contributed by atoms with Crippen molar-refractivity contribution in [3.05, 3.63) is 231 Å². The van der Waals surface area contributed by atoms with E-state index >= 15 is 35.1 Å². The second-order valence-corrected chi connectivity index (χ2v) is 14.4. The first-order valence-corrected chi connectivity index (χ1v) is 18.4. The molecule has 25 heteroatoms. The Morgan fingerprint density at radius 1 is 0.188 bits per heavy atom. The number of nitrogens with one attached hydrogen (secondary N) is 4. The molecule has 4 nitrogen and oxygen atoms in total. The van der Waals surface area contributed by atoms with Crippen LogP contribution in [0.3, 0.4) is 0 Å². The molecule has 1 aliphatic heterocycles. The van der Waals surface area contributed by atoms with E-state index in [1.54, 1.807) is 0 Å². The summed E-state index contributed by atoms with van der Waals surface area (Å²) >= 11 is 0. The van der Waals surface area contributed by atoms with Crippen molar-refractivity contribution in [2.45, 2.75) is 0 Å². The van der Waals surface area contributed by atoms with E-state index in [0.717, 1.165) is 0 Å². The van der Waals surface area contributed by atoms with Crippen molar-refractivity contribution in [2.75, 3.05) is 0 Å². The zero-order valence-electron chi connectivity index (χ0n) is 32.5. The summed E-state index contributed by atoms with van der Waals surface area (Å²) in [6.07, 6.45) is 0. The standard InChI is InChI=1S/C44H12F20N4.Fe/c45-25-21(26(46)34(54)41(61)33(25)53)17-9-1-2-10(65-9)18(22-27(47)35(55)42(62)36(56)28(22)48)12-5-6-14(67-12)20(24-31(51)39(59)44(64)40(60)32(24)52)16-8-7-15(68-16)19(13-4-3-11(17)66-13)23-29(49)37(57)43(63)38(58)30(23)50;/h1-8,65-68H;. The molecule has 69 heavy (non-hydrogen) atoms. The van der Waals surface area contributed by atoms with E-state index in [0.29, 0.717) is 48.5 Å². The van der Waals surface area contributed by atoms with Crippen LogP contribution >= 0.6 is 0 Å². The molecule has 0 amide bonds. The molecule has 0 fully saturated rings. The second kappa shape index (κ2) is 17.0. The molecule has 0 unspecified atom stereocenters. The zero-order valence-corrected chi connectivity index (χ0v) is 33.6. The fourth-order valence-corrected chi connectivity index (χ4v) is 7.70. The first-order valence-electron chi connectivity index (χ1n) is 18.4. The number of rotatable bonds is 4. The summed E-state index contributed by atoms with van der Waals surface area (Å²) in [5.74, 6) is -52.2. The van der Waals surface area contributed by atoms with Crippen LogP contribution in [0.4, 0.5) is 87.8 Å². The number of halogens is 20. The van der Waals surface area contributed by atoms with Crippen LogP contribution in [0, 0.1) is 116 Å². The van der Waals surface area contributed by atoms with Crippen LogP contribution in [0.5, 0.6) is 0 Å². The molecule has 0 saturated heterocycles. The van der Waals surface area contributed by atoms with Crippen LogP contribution in [-0.2, 0) is 17.1 Å². The van der Waals surface area contributed by atoms with E-state index < -0.39 is 205 Å². The van der Waals surface area contributed by atoms with E-state index in [-0.39, 0.29) is 17.1 Å². The number of H-pyrrole nitrogens is 4. The molecular weight excluding hydrogens is 1020 g/mol. The number of hydrogen-bond donors (Lipinski definition) is 4. The molecule has 0 spiro atoms. The predicted molar refractivity (Wildman–Crippen MR) is 193 cm³/mol.